The number of ether oxygens (including phenoxy) is 1. The topological polar surface area (TPSA) is 80.8 Å². The minimum absolute atomic E-state index is 0.255. The van der Waals surface area contributed by atoms with Crippen LogP contribution < -0.4 is 0 Å². The zero-order chi connectivity index (χ0) is 19.7. The fourth-order valence-electron chi connectivity index (χ4n) is 2.94. The minimum Gasteiger partial charge on any atom is -0.453 e. The summed E-state index contributed by atoms with van der Waals surface area (Å²) < 4.78 is 5.23. The summed E-state index contributed by atoms with van der Waals surface area (Å²) in [5, 5.41) is 0. The van der Waals surface area contributed by atoms with Crippen LogP contribution in [-0.4, -0.2) is 40.6 Å². The number of imide groups is 1. The van der Waals surface area contributed by atoms with Crippen molar-refractivity contribution in [2.24, 2.45) is 0 Å². The number of rotatable bonds is 5. The van der Waals surface area contributed by atoms with Gasteiger partial charge in [-0.05, 0) is 32.9 Å². The summed E-state index contributed by atoms with van der Waals surface area (Å²) in [7, 11) is 0. The van der Waals surface area contributed by atoms with Crippen LogP contribution in [0.25, 0.3) is 0 Å². The van der Waals surface area contributed by atoms with Crippen molar-refractivity contribution in [2.75, 3.05) is 0 Å². The molecule has 2 aromatic carbocycles. The van der Waals surface area contributed by atoms with E-state index in [0.29, 0.717) is 5.56 Å². The van der Waals surface area contributed by atoms with Crippen molar-refractivity contribution < 1.29 is 23.9 Å². The van der Waals surface area contributed by atoms with Gasteiger partial charge in [0.2, 0.25) is 5.78 Å². The van der Waals surface area contributed by atoms with Gasteiger partial charge in [0, 0.05) is 5.56 Å². The molecule has 3 rings (SSSR count). The molecule has 0 N–H and O–H groups in total. The quantitative estimate of drug-likeness (QED) is 0.462. The van der Waals surface area contributed by atoms with Crippen molar-refractivity contribution in [3.63, 3.8) is 0 Å². The average molecular weight is 365 g/mol. The lowest BCUT2D eigenvalue weighted by Crippen LogP contribution is -2.45. The van der Waals surface area contributed by atoms with Crippen molar-refractivity contribution in [3.05, 3.63) is 70.8 Å². The van der Waals surface area contributed by atoms with E-state index < -0.39 is 29.9 Å². The molecule has 2 unspecified atom stereocenters. The number of amides is 2. The molecular formula is C21H19NO5. The summed E-state index contributed by atoms with van der Waals surface area (Å²) in [5.41, 5.74) is 1.95. The molecule has 0 radical (unpaired) electrons. The molecule has 0 aliphatic carbocycles. The second-order valence-electron chi connectivity index (χ2n) is 6.51. The van der Waals surface area contributed by atoms with Crippen LogP contribution >= 0.6 is 0 Å². The predicted molar refractivity (Wildman–Crippen MR) is 97.5 cm³/mol. The van der Waals surface area contributed by atoms with Crippen LogP contribution in [0.4, 0.5) is 0 Å². The molecule has 0 fully saturated rings. The molecule has 0 saturated carbocycles. The van der Waals surface area contributed by atoms with E-state index in [9.17, 15) is 19.2 Å². The SMILES string of the molecule is Cc1ccc(C(=O)C(C)OC(=O)C(C)N2C(=O)c3ccccc3C2=O)cc1. The van der Waals surface area contributed by atoms with E-state index in [1.807, 2.05) is 6.92 Å². The van der Waals surface area contributed by atoms with Crippen molar-refractivity contribution in [1.82, 2.24) is 4.90 Å². The largest absolute Gasteiger partial charge is 0.453 e. The number of benzene rings is 2. The van der Waals surface area contributed by atoms with E-state index in [1.165, 1.54) is 26.0 Å². The van der Waals surface area contributed by atoms with Gasteiger partial charge in [0.05, 0.1) is 11.1 Å². The van der Waals surface area contributed by atoms with E-state index in [4.69, 9.17) is 4.74 Å². The Morgan fingerprint density at radius 2 is 1.41 bits per heavy atom. The first-order valence-electron chi connectivity index (χ1n) is 8.59. The number of ketones is 1. The number of carbonyl (C=O) groups excluding carboxylic acids is 4. The van der Waals surface area contributed by atoms with Crippen LogP contribution in [0.5, 0.6) is 0 Å². The molecule has 27 heavy (non-hydrogen) atoms. The molecule has 0 spiro atoms. The van der Waals surface area contributed by atoms with Gasteiger partial charge in [-0.25, -0.2) is 4.79 Å². The molecule has 6 nitrogen and oxygen atoms in total. The molecule has 1 heterocycles. The normalized spacial score (nSPS) is 15.3. The Bertz CT molecular complexity index is 897. The van der Waals surface area contributed by atoms with Crippen LogP contribution in [0.1, 0.15) is 50.5 Å². The van der Waals surface area contributed by atoms with Crippen LogP contribution in [-0.2, 0) is 9.53 Å². The number of hydrogen-bond donors (Lipinski definition) is 0. The highest BCUT2D eigenvalue weighted by Gasteiger charge is 2.41. The molecule has 6 heteroatoms. The number of Topliss-reactive ketones (excluding diaryl/α,β-unsaturated/α-hetero) is 1. The number of carbonyl (C=O) groups is 4. The van der Waals surface area contributed by atoms with Gasteiger partial charge in [-0.3, -0.25) is 19.3 Å². The molecule has 0 aromatic heterocycles. The molecule has 1 aliphatic heterocycles. The summed E-state index contributed by atoms with van der Waals surface area (Å²) in [6, 6.07) is 12.2. The third-order valence-corrected chi connectivity index (χ3v) is 4.55. The Labute approximate surface area is 156 Å². The van der Waals surface area contributed by atoms with Gasteiger partial charge in [0.15, 0.2) is 6.10 Å². The molecule has 1 aliphatic rings. The summed E-state index contributed by atoms with van der Waals surface area (Å²) in [5.74, 6) is -2.24. The van der Waals surface area contributed by atoms with Gasteiger partial charge in [-0.2, -0.15) is 0 Å². The van der Waals surface area contributed by atoms with Crippen LogP contribution in [0.2, 0.25) is 0 Å². The van der Waals surface area contributed by atoms with E-state index in [2.05, 4.69) is 0 Å². The summed E-state index contributed by atoms with van der Waals surface area (Å²) in [6.07, 6.45) is -1.03. The fourth-order valence-corrected chi connectivity index (χ4v) is 2.94. The summed E-state index contributed by atoms with van der Waals surface area (Å²) in [4.78, 5) is 50.7. The number of fused-ring (bicyclic) bond motifs is 1. The molecule has 2 aromatic rings. The average Bonchev–Trinajstić information content (AvgIpc) is 2.92. The Hall–Kier alpha value is -3.28. The van der Waals surface area contributed by atoms with Gasteiger partial charge in [0.1, 0.15) is 6.04 Å². The monoisotopic (exact) mass is 365 g/mol. The Kier molecular flexibility index (Phi) is 4.90. The zero-order valence-corrected chi connectivity index (χ0v) is 15.3. The minimum atomic E-state index is -1.13. The van der Waals surface area contributed by atoms with E-state index >= 15 is 0 Å². The molecular weight excluding hydrogens is 346 g/mol. The van der Waals surface area contributed by atoms with Crippen molar-refractivity contribution >= 4 is 23.6 Å². The van der Waals surface area contributed by atoms with Gasteiger partial charge in [-0.1, -0.05) is 42.0 Å². The van der Waals surface area contributed by atoms with E-state index in [1.54, 1.807) is 36.4 Å². The second-order valence-corrected chi connectivity index (χ2v) is 6.51. The van der Waals surface area contributed by atoms with Crippen LogP contribution in [0.3, 0.4) is 0 Å². The lowest BCUT2D eigenvalue weighted by Gasteiger charge is -2.22. The number of hydrogen-bond acceptors (Lipinski definition) is 5. The Balaban J connectivity index is 1.71. The van der Waals surface area contributed by atoms with Gasteiger partial charge in [-0.15, -0.1) is 0 Å². The molecule has 0 saturated heterocycles. The highest BCUT2D eigenvalue weighted by Crippen LogP contribution is 2.25. The molecule has 2 atom stereocenters. The Morgan fingerprint density at radius 1 is 0.889 bits per heavy atom. The van der Waals surface area contributed by atoms with Crippen LogP contribution in [0, 0.1) is 6.92 Å². The number of nitrogens with zero attached hydrogens (tertiary/aromatic N) is 1. The summed E-state index contributed by atoms with van der Waals surface area (Å²) in [6.45, 7) is 4.78. The Morgan fingerprint density at radius 3 is 1.93 bits per heavy atom. The molecule has 0 bridgehead atoms. The zero-order valence-electron chi connectivity index (χ0n) is 15.3. The van der Waals surface area contributed by atoms with Crippen molar-refractivity contribution in [1.29, 1.82) is 0 Å². The predicted octanol–water partition coefficient (Wildman–Crippen LogP) is 2.79. The van der Waals surface area contributed by atoms with E-state index in [0.717, 1.165) is 10.5 Å². The smallest absolute Gasteiger partial charge is 0.329 e. The first-order chi connectivity index (χ1) is 12.8. The van der Waals surface area contributed by atoms with Gasteiger partial charge >= 0.3 is 5.97 Å². The maximum Gasteiger partial charge on any atom is 0.329 e. The highest BCUT2D eigenvalue weighted by atomic mass is 16.5. The van der Waals surface area contributed by atoms with Crippen LogP contribution in [0.15, 0.2) is 48.5 Å². The molecule has 2 amide bonds. The maximum atomic E-state index is 12.5. The number of aryl methyl sites for hydroxylation is 1. The van der Waals surface area contributed by atoms with Gasteiger partial charge in [0.25, 0.3) is 11.8 Å². The lowest BCUT2D eigenvalue weighted by molar-refractivity contribution is -0.150. The summed E-state index contributed by atoms with van der Waals surface area (Å²) >= 11 is 0. The molecule has 138 valence electrons. The third kappa shape index (κ3) is 3.38. The van der Waals surface area contributed by atoms with Crippen molar-refractivity contribution in [3.8, 4) is 0 Å². The van der Waals surface area contributed by atoms with Gasteiger partial charge < -0.3 is 4.74 Å². The first kappa shape index (κ1) is 18.5. The number of esters is 1. The second kappa shape index (κ2) is 7.15. The van der Waals surface area contributed by atoms with Crippen molar-refractivity contribution in [2.45, 2.75) is 32.9 Å². The fraction of sp³-hybridized carbons (Fsp3) is 0.238. The third-order valence-electron chi connectivity index (χ3n) is 4.55. The van der Waals surface area contributed by atoms with E-state index in [-0.39, 0.29) is 16.9 Å². The standard InChI is InChI=1S/C21H19NO5/c1-12-8-10-15(11-9-12)18(23)14(3)27-21(26)13(2)22-19(24)16-6-4-5-7-17(16)20(22)25/h4-11,13-14H,1-3H3. The first-order valence-corrected chi connectivity index (χ1v) is 8.59. The highest BCUT2D eigenvalue weighted by molar-refractivity contribution is 6.22. The maximum absolute atomic E-state index is 12.5. The lowest BCUT2D eigenvalue weighted by atomic mass is 10.1.